The monoisotopic (exact) mass is 422 g/mol. The van der Waals surface area contributed by atoms with Crippen LogP contribution in [0.25, 0.3) is 10.2 Å². The molecule has 2 aliphatic carbocycles. The van der Waals surface area contributed by atoms with Gasteiger partial charge in [0.05, 0.1) is 10.8 Å². The Bertz CT molecular complexity index is 1140. The number of H-pyrrole nitrogens is 1. The Morgan fingerprint density at radius 2 is 2.03 bits per heavy atom. The maximum absolute atomic E-state index is 13.1. The van der Waals surface area contributed by atoms with E-state index in [1.165, 1.54) is 10.4 Å². The number of hydrogen-bond donors (Lipinski definition) is 1. The van der Waals surface area contributed by atoms with Crippen LogP contribution in [0.2, 0.25) is 0 Å². The number of rotatable bonds is 4. The second-order valence-corrected chi connectivity index (χ2v) is 9.86. The molecule has 1 unspecified atom stereocenters. The number of aromatic nitrogens is 2. The number of esters is 1. The number of aryl methyl sites for hydroxylation is 1. The molecular formula is C24H26N2O3S. The van der Waals surface area contributed by atoms with Gasteiger partial charge in [-0.1, -0.05) is 50.1 Å². The smallest absolute Gasteiger partial charge is 0.317 e. The maximum Gasteiger partial charge on any atom is 0.317 e. The van der Waals surface area contributed by atoms with Gasteiger partial charge in [-0.3, -0.25) is 9.59 Å². The Balaban J connectivity index is 1.40. The van der Waals surface area contributed by atoms with E-state index in [4.69, 9.17) is 4.74 Å². The van der Waals surface area contributed by atoms with Gasteiger partial charge in [0, 0.05) is 4.88 Å². The standard InChI is InChI=1S/C24H26N2O3S/c1-15-9-10-17-18(13-15)30-22-20(17)21(27)25-19(26-22)14-29-23(28)24(11-5-6-12-24)16-7-3-2-4-8-16/h2-4,7-8,15H,5-6,9-14H2,1H3,(H,25,26,27). The SMILES string of the molecule is CC1CCc2c(sc3nc(COC(=O)C4(c5ccccc5)CCCC4)[nH]c(=O)c23)C1. The van der Waals surface area contributed by atoms with E-state index in [1.54, 1.807) is 11.3 Å². The molecule has 0 saturated heterocycles. The molecule has 6 heteroatoms. The topological polar surface area (TPSA) is 72.0 Å². The molecule has 2 heterocycles. The molecule has 0 amide bonds. The van der Waals surface area contributed by atoms with Crippen LogP contribution in [0.15, 0.2) is 35.1 Å². The third-order valence-corrected chi connectivity index (χ3v) is 7.88. The molecule has 3 aromatic rings. The Hall–Kier alpha value is -2.47. The summed E-state index contributed by atoms with van der Waals surface area (Å²) in [6.45, 7) is 2.25. The largest absolute Gasteiger partial charge is 0.457 e. The number of nitrogens with one attached hydrogen (secondary N) is 1. The van der Waals surface area contributed by atoms with Crippen LogP contribution < -0.4 is 5.56 Å². The zero-order chi connectivity index (χ0) is 20.7. The molecule has 0 radical (unpaired) electrons. The zero-order valence-corrected chi connectivity index (χ0v) is 18.0. The minimum atomic E-state index is -0.580. The van der Waals surface area contributed by atoms with Crippen LogP contribution in [0.3, 0.4) is 0 Å². The van der Waals surface area contributed by atoms with E-state index in [-0.39, 0.29) is 18.1 Å². The summed E-state index contributed by atoms with van der Waals surface area (Å²) < 4.78 is 5.73. The number of hydrogen-bond acceptors (Lipinski definition) is 5. The molecule has 30 heavy (non-hydrogen) atoms. The Morgan fingerprint density at radius 1 is 1.27 bits per heavy atom. The molecule has 1 aromatic carbocycles. The summed E-state index contributed by atoms with van der Waals surface area (Å²) in [5.74, 6) is 0.854. The number of carbonyl (C=O) groups is 1. The van der Waals surface area contributed by atoms with Gasteiger partial charge in [0.2, 0.25) is 0 Å². The lowest BCUT2D eigenvalue weighted by atomic mass is 9.79. The fraction of sp³-hybridized carbons (Fsp3) is 0.458. The van der Waals surface area contributed by atoms with Crippen molar-refractivity contribution in [3.05, 3.63) is 62.5 Å². The summed E-state index contributed by atoms with van der Waals surface area (Å²) >= 11 is 1.62. The lowest BCUT2D eigenvalue weighted by Gasteiger charge is -2.27. The molecule has 5 rings (SSSR count). The van der Waals surface area contributed by atoms with Crippen molar-refractivity contribution in [3.8, 4) is 0 Å². The van der Waals surface area contributed by atoms with E-state index in [0.29, 0.717) is 11.7 Å². The first-order chi connectivity index (χ1) is 14.6. The van der Waals surface area contributed by atoms with Crippen LogP contribution in [0, 0.1) is 5.92 Å². The van der Waals surface area contributed by atoms with E-state index in [9.17, 15) is 9.59 Å². The first-order valence-electron chi connectivity index (χ1n) is 10.8. The minimum absolute atomic E-state index is 0.00241. The quantitative estimate of drug-likeness (QED) is 0.621. The molecule has 1 fully saturated rings. The summed E-state index contributed by atoms with van der Waals surface area (Å²) in [4.78, 5) is 35.5. The number of fused-ring (bicyclic) bond motifs is 3. The predicted octanol–water partition coefficient (Wildman–Crippen LogP) is 4.66. The molecule has 5 nitrogen and oxygen atoms in total. The van der Waals surface area contributed by atoms with Gasteiger partial charge in [-0.2, -0.15) is 0 Å². The third kappa shape index (κ3) is 3.27. The molecule has 156 valence electrons. The highest BCUT2D eigenvalue weighted by Crippen LogP contribution is 2.42. The van der Waals surface area contributed by atoms with Gasteiger partial charge >= 0.3 is 5.97 Å². The van der Waals surface area contributed by atoms with Crippen LogP contribution >= 0.6 is 11.3 Å². The van der Waals surface area contributed by atoms with Crippen molar-refractivity contribution < 1.29 is 9.53 Å². The average molecular weight is 423 g/mol. The number of ether oxygens (including phenoxy) is 1. The Morgan fingerprint density at radius 3 is 2.80 bits per heavy atom. The predicted molar refractivity (Wildman–Crippen MR) is 118 cm³/mol. The van der Waals surface area contributed by atoms with E-state index < -0.39 is 5.41 Å². The molecule has 1 saturated carbocycles. The van der Waals surface area contributed by atoms with Crippen molar-refractivity contribution >= 4 is 27.5 Å². The molecule has 0 spiro atoms. The highest BCUT2D eigenvalue weighted by molar-refractivity contribution is 7.18. The van der Waals surface area contributed by atoms with Crippen molar-refractivity contribution in [1.82, 2.24) is 9.97 Å². The van der Waals surface area contributed by atoms with Crippen molar-refractivity contribution in [2.45, 2.75) is 63.9 Å². The van der Waals surface area contributed by atoms with Crippen LogP contribution in [0.5, 0.6) is 0 Å². The fourth-order valence-corrected chi connectivity index (χ4v) is 6.48. The molecule has 2 aliphatic rings. The van der Waals surface area contributed by atoms with Gasteiger partial charge < -0.3 is 9.72 Å². The van der Waals surface area contributed by atoms with Crippen molar-refractivity contribution in [1.29, 1.82) is 0 Å². The fourth-order valence-electron chi connectivity index (χ4n) is 5.08. The summed E-state index contributed by atoms with van der Waals surface area (Å²) in [5, 5.41) is 0.730. The number of carbonyl (C=O) groups excluding carboxylic acids is 1. The summed E-state index contributed by atoms with van der Waals surface area (Å²) in [5.41, 5.74) is 1.49. The summed E-state index contributed by atoms with van der Waals surface area (Å²) in [7, 11) is 0. The van der Waals surface area contributed by atoms with Crippen LogP contribution in [0.1, 0.15) is 60.9 Å². The first-order valence-corrected chi connectivity index (χ1v) is 11.6. The van der Waals surface area contributed by atoms with Crippen LogP contribution in [-0.2, 0) is 34.4 Å². The van der Waals surface area contributed by atoms with Crippen molar-refractivity contribution in [3.63, 3.8) is 0 Å². The second-order valence-electron chi connectivity index (χ2n) is 8.78. The van der Waals surface area contributed by atoms with E-state index in [1.807, 2.05) is 30.3 Å². The number of benzene rings is 1. The number of aromatic amines is 1. The lowest BCUT2D eigenvalue weighted by molar-refractivity contribution is -0.152. The van der Waals surface area contributed by atoms with Gasteiger partial charge in [0.15, 0.2) is 0 Å². The number of thiophene rings is 1. The zero-order valence-electron chi connectivity index (χ0n) is 17.2. The van der Waals surface area contributed by atoms with Gasteiger partial charge in [-0.25, -0.2) is 4.98 Å². The van der Waals surface area contributed by atoms with E-state index >= 15 is 0 Å². The van der Waals surface area contributed by atoms with Gasteiger partial charge in [-0.15, -0.1) is 11.3 Å². The molecule has 1 N–H and O–H groups in total. The third-order valence-electron chi connectivity index (χ3n) is 6.73. The van der Waals surface area contributed by atoms with Crippen molar-refractivity contribution in [2.75, 3.05) is 0 Å². The Labute approximate surface area is 179 Å². The molecular weight excluding hydrogens is 396 g/mol. The van der Waals surface area contributed by atoms with Gasteiger partial charge in [0.25, 0.3) is 5.56 Å². The molecule has 1 atom stereocenters. The van der Waals surface area contributed by atoms with E-state index in [0.717, 1.165) is 60.7 Å². The molecule has 0 bridgehead atoms. The average Bonchev–Trinajstić information content (AvgIpc) is 3.38. The lowest BCUT2D eigenvalue weighted by Crippen LogP contribution is -2.34. The minimum Gasteiger partial charge on any atom is -0.457 e. The van der Waals surface area contributed by atoms with Gasteiger partial charge in [0.1, 0.15) is 17.3 Å². The maximum atomic E-state index is 13.1. The summed E-state index contributed by atoms with van der Waals surface area (Å²) in [6, 6.07) is 9.92. The van der Waals surface area contributed by atoms with Crippen molar-refractivity contribution in [2.24, 2.45) is 5.92 Å². The normalized spacial score (nSPS) is 20.2. The van der Waals surface area contributed by atoms with Crippen LogP contribution in [0.4, 0.5) is 0 Å². The number of nitrogens with zero attached hydrogens (tertiary/aromatic N) is 1. The van der Waals surface area contributed by atoms with E-state index in [2.05, 4.69) is 16.9 Å². The van der Waals surface area contributed by atoms with Crippen LogP contribution in [-0.4, -0.2) is 15.9 Å². The second kappa shape index (κ2) is 7.65. The highest BCUT2D eigenvalue weighted by atomic mass is 32.1. The highest BCUT2D eigenvalue weighted by Gasteiger charge is 2.44. The summed E-state index contributed by atoms with van der Waals surface area (Å²) in [6.07, 6.45) is 6.70. The molecule has 2 aromatic heterocycles. The molecule has 0 aliphatic heterocycles. The Kier molecular flexibility index (Phi) is 4.97. The van der Waals surface area contributed by atoms with Gasteiger partial charge in [-0.05, 0) is 49.1 Å². The first kappa shape index (κ1) is 19.5.